The van der Waals surface area contributed by atoms with E-state index in [-0.39, 0.29) is 6.54 Å². The molecule has 0 fully saturated rings. The van der Waals surface area contributed by atoms with E-state index in [0.29, 0.717) is 16.6 Å². The van der Waals surface area contributed by atoms with Crippen LogP contribution in [0.2, 0.25) is 0 Å². The first kappa shape index (κ1) is 14.1. The second kappa shape index (κ2) is 5.17. The minimum Gasteiger partial charge on any atom is -0.376 e. The summed E-state index contributed by atoms with van der Waals surface area (Å²) in [6.07, 6.45) is 0. The van der Waals surface area contributed by atoms with Crippen LogP contribution in [0.3, 0.4) is 0 Å². The van der Waals surface area contributed by atoms with Crippen molar-refractivity contribution in [2.24, 2.45) is 0 Å². The Morgan fingerprint density at radius 3 is 2.32 bits per heavy atom. The van der Waals surface area contributed by atoms with Crippen molar-refractivity contribution in [3.05, 3.63) is 57.8 Å². The second-order valence-electron chi connectivity index (χ2n) is 4.51. The number of rotatable bonds is 3. The number of hydrogen-bond donors (Lipinski definition) is 3. The quantitative estimate of drug-likeness (QED) is 0.514. The van der Waals surface area contributed by atoms with Crippen LogP contribution in [0.5, 0.6) is 0 Å². The molecule has 3 N–H and O–H groups in total. The zero-order valence-electron chi connectivity index (χ0n) is 10.8. The number of aromatic nitrogens is 3. The van der Waals surface area contributed by atoms with Gasteiger partial charge in [0, 0.05) is 6.54 Å². The molecule has 0 unspecified atom stereocenters. The van der Waals surface area contributed by atoms with Crippen molar-refractivity contribution in [2.75, 3.05) is 5.32 Å². The fourth-order valence-electron chi connectivity index (χ4n) is 2.02. The Hall–Kier alpha value is -2.84. The van der Waals surface area contributed by atoms with Gasteiger partial charge in [-0.15, -0.1) is 0 Å². The highest BCUT2D eigenvalue weighted by Gasteiger charge is 2.20. The summed E-state index contributed by atoms with van der Waals surface area (Å²) >= 11 is 0. The van der Waals surface area contributed by atoms with Crippen molar-refractivity contribution in [1.29, 1.82) is 0 Å². The third-order valence-electron chi connectivity index (χ3n) is 3.05. The number of pyridine rings is 1. The average molecular weight is 312 g/mol. The van der Waals surface area contributed by atoms with Crippen LogP contribution in [0, 0.1) is 23.5 Å². The Morgan fingerprint density at radius 1 is 1.00 bits per heavy atom. The molecule has 0 bridgehead atoms. The van der Waals surface area contributed by atoms with Crippen molar-refractivity contribution in [3.8, 4) is 0 Å². The molecule has 22 heavy (non-hydrogen) atoms. The van der Waals surface area contributed by atoms with E-state index < -0.39 is 34.9 Å². The van der Waals surface area contributed by atoms with Crippen LogP contribution < -0.4 is 11.0 Å². The average Bonchev–Trinajstić information content (AvgIpc) is 2.84. The molecule has 5 nitrogen and oxygen atoms in total. The monoisotopic (exact) mass is 312 g/mol. The number of fused-ring (bicyclic) bond motifs is 1. The molecule has 0 aliphatic heterocycles. The number of nitrogens with zero attached hydrogens (tertiary/aromatic N) is 1. The summed E-state index contributed by atoms with van der Waals surface area (Å²) in [5, 5.41) is 2.28. The van der Waals surface area contributed by atoms with Crippen molar-refractivity contribution >= 4 is 16.7 Å². The maximum Gasteiger partial charge on any atom is 0.323 e. The van der Waals surface area contributed by atoms with Gasteiger partial charge in [-0.1, -0.05) is 6.07 Å². The highest BCUT2D eigenvalue weighted by Crippen LogP contribution is 2.23. The Labute approximate surface area is 120 Å². The Bertz CT molecular complexity index is 892. The van der Waals surface area contributed by atoms with E-state index in [1.54, 1.807) is 18.2 Å². The van der Waals surface area contributed by atoms with Crippen LogP contribution >= 0.6 is 0 Å². The molecule has 3 aromatic rings. The molecule has 0 amide bonds. The van der Waals surface area contributed by atoms with Gasteiger partial charge in [-0.25, -0.2) is 4.79 Å². The lowest BCUT2D eigenvalue weighted by Crippen LogP contribution is -2.09. The van der Waals surface area contributed by atoms with Gasteiger partial charge in [0.2, 0.25) is 11.6 Å². The number of benzene rings is 1. The van der Waals surface area contributed by atoms with Crippen LogP contribution in [0.25, 0.3) is 11.0 Å². The number of H-pyrrole nitrogens is 2. The number of hydrogen-bond acceptors (Lipinski definition) is 3. The van der Waals surface area contributed by atoms with E-state index >= 15 is 0 Å². The molecule has 0 aliphatic rings. The Kier molecular flexibility index (Phi) is 3.32. The Morgan fingerprint density at radius 2 is 1.64 bits per heavy atom. The van der Waals surface area contributed by atoms with Crippen LogP contribution in [0.1, 0.15) is 5.56 Å². The van der Waals surface area contributed by atoms with Gasteiger partial charge in [0.1, 0.15) is 5.69 Å². The van der Waals surface area contributed by atoms with Gasteiger partial charge in [-0.05, 0) is 17.7 Å². The molecule has 0 aliphatic carbocycles. The molecule has 0 radical (unpaired) electrons. The number of imidazole rings is 1. The molecule has 9 heteroatoms. The van der Waals surface area contributed by atoms with Gasteiger partial charge in [0.25, 0.3) is 11.9 Å². The molecule has 2 aromatic heterocycles. The molecule has 2 heterocycles. The van der Waals surface area contributed by atoms with Gasteiger partial charge in [0.15, 0.2) is 0 Å². The zero-order chi connectivity index (χ0) is 15.9. The molecular weight excluding hydrogens is 304 g/mol. The molecule has 1 aromatic carbocycles. The predicted molar refractivity (Wildman–Crippen MR) is 70.3 cm³/mol. The fourth-order valence-corrected chi connectivity index (χ4v) is 2.02. The highest BCUT2D eigenvalue weighted by molar-refractivity contribution is 5.75. The van der Waals surface area contributed by atoms with Gasteiger partial charge in [-0.2, -0.15) is 22.5 Å². The lowest BCUT2D eigenvalue weighted by molar-refractivity contribution is 0.410. The van der Waals surface area contributed by atoms with E-state index in [4.69, 9.17) is 0 Å². The summed E-state index contributed by atoms with van der Waals surface area (Å²) in [5.74, 6) is -6.66. The SMILES string of the molecule is O=c1[nH]c2ccc(CNc3c(F)c(F)nc(F)c3F)cc2[nH]1. The van der Waals surface area contributed by atoms with Gasteiger partial charge < -0.3 is 15.3 Å². The van der Waals surface area contributed by atoms with Crippen molar-refractivity contribution in [3.63, 3.8) is 0 Å². The highest BCUT2D eigenvalue weighted by atomic mass is 19.2. The first-order valence-electron chi connectivity index (χ1n) is 6.10. The minimum atomic E-state index is -1.73. The standard InChI is InChI=1S/C13H8F4N4O/c14-8-10(9(15)12(17)21-11(8)16)18-4-5-1-2-6-7(3-5)20-13(22)19-6/h1-3H,4H2,(H,18,21)(H2,19,20,22). The van der Waals surface area contributed by atoms with Gasteiger partial charge in [-0.3, -0.25) is 0 Å². The van der Waals surface area contributed by atoms with Crippen LogP contribution in [-0.2, 0) is 6.54 Å². The summed E-state index contributed by atoms with van der Waals surface area (Å²) in [4.78, 5) is 18.6. The molecule has 114 valence electrons. The maximum absolute atomic E-state index is 13.4. The summed E-state index contributed by atoms with van der Waals surface area (Å²) in [6.45, 7) is -0.111. The smallest absolute Gasteiger partial charge is 0.323 e. The molecule has 0 atom stereocenters. The second-order valence-corrected chi connectivity index (χ2v) is 4.51. The molecule has 0 spiro atoms. The lowest BCUT2D eigenvalue weighted by atomic mass is 10.2. The van der Waals surface area contributed by atoms with E-state index in [2.05, 4.69) is 20.3 Å². The van der Waals surface area contributed by atoms with Gasteiger partial charge in [0.05, 0.1) is 11.0 Å². The fraction of sp³-hybridized carbons (Fsp3) is 0.0769. The minimum absolute atomic E-state index is 0.111. The first-order chi connectivity index (χ1) is 10.5. The summed E-state index contributed by atoms with van der Waals surface area (Å²) in [7, 11) is 0. The largest absolute Gasteiger partial charge is 0.376 e. The number of halogens is 4. The zero-order valence-corrected chi connectivity index (χ0v) is 10.8. The third kappa shape index (κ3) is 2.41. The third-order valence-corrected chi connectivity index (χ3v) is 3.05. The van der Waals surface area contributed by atoms with E-state index in [9.17, 15) is 22.4 Å². The predicted octanol–water partition coefficient (Wildman–Crippen LogP) is 2.42. The molecular formula is C13H8F4N4O. The van der Waals surface area contributed by atoms with Crippen molar-refractivity contribution in [1.82, 2.24) is 15.0 Å². The van der Waals surface area contributed by atoms with Crippen molar-refractivity contribution in [2.45, 2.75) is 6.54 Å². The maximum atomic E-state index is 13.4. The molecule has 0 saturated carbocycles. The van der Waals surface area contributed by atoms with Crippen LogP contribution in [-0.4, -0.2) is 15.0 Å². The van der Waals surface area contributed by atoms with Crippen LogP contribution in [0.15, 0.2) is 23.0 Å². The van der Waals surface area contributed by atoms with Crippen molar-refractivity contribution < 1.29 is 17.6 Å². The summed E-state index contributed by atoms with van der Waals surface area (Å²) < 4.78 is 52.8. The van der Waals surface area contributed by atoms with Crippen LogP contribution in [0.4, 0.5) is 23.2 Å². The molecule has 0 saturated heterocycles. The lowest BCUT2D eigenvalue weighted by Gasteiger charge is -2.09. The van der Waals surface area contributed by atoms with E-state index in [1.807, 2.05) is 0 Å². The first-order valence-corrected chi connectivity index (χ1v) is 6.10. The topological polar surface area (TPSA) is 73.6 Å². The Balaban J connectivity index is 1.89. The molecule has 3 rings (SSSR count). The summed E-state index contributed by atoms with van der Waals surface area (Å²) in [5.41, 5.74) is 0.270. The van der Waals surface area contributed by atoms with E-state index in [1.165, 1.54) is 0 Å². The summed E-state index contributed by atoms with van der Waals surface area (Å²) in [6, 6.07) is 4.73. The van der Waals surface area contributed by atoms with Gasteiger partial charge >= 0.3 is 5.69 Å². The number of nitrogens with one attached hydrogen (secondary N) is 3. The number of aromatic amines is 2. The number of anilines is 1. The normalized spacial score (nSPS) is 11.1. The van der Waals surface area contributed by atoms with E-state index in [0.717, 1.165) is 0 Å².